The summed E-state index contributed by atoms with van der Waals surface area (Å²) in [5.74, 6) is 1.06. The van der Waals surface area contributed by atoms with Crippen LogP contribution in [0.25, 0.3) is 21.5 Å². The molecule has 0 aliphatic carbocycles. The highest BCUT2D eigenvalue weighted by molar-refractivity contribution is 7.13. The summed E-state index contributed by atoms with van der Waals surface area (Å²) in [6.07, 6.45) is 0.678. The Morgan fingerprint density at radius 2 is 2.11 bits per heavy atom. The summed E-state index contributed by atoms with van der Waals surface area (Å²) < 4.78 is 11.3. The number of ether oxygens (including phenoxy) is 1. The smallest absolute Gasteiger partial charge is 0.276 e. The Morgan fingerprint density at radius 1 is 1.18 bits per heavy atom. The van der Waals surface area contributed by atoms with Gasteiger partial charge < -0.3 is 14.2 Å². The summed E-state index contributed by atoms with van der Waals surface area (Å²) >= 11 is 1.55. The molecule has 7 heteroatoms. The highest BCUT2D eigenvalue weighted by atomic mass is 32.1. The van der Waals surface area contributed by atoms with E-state index in [1.165, 1.54) is 0 Å². The lowest BCUT2D eigenvalue weighted by Crippen LogP contribution is -2.31. The number of pyridine rings is 1. The number of fused-ring (bicyclic) bond motifs is 1. The van der Waals surface area contributed by atoms with E-state index in [0.29, 0.717) is 30.4 Å². The van der Waals surface area contributed by atoms with Crippen molar-refractivity contribution in [3.05, 3.63) is 65.7 Å². The summed E-state index contributed by atoms with van der Waals surface area (Å²) in [5, 5.41) is 6.98. The average molecular weight is 391 g/mol. The fourth-order valence-electron chi connectivity index (χ4n) is 3.37. The van der Waals surface area contributed by atoms with Crippen molar-refractivity contribution >= 4 is 28.1 Å². The molecule has 1 saturated heterocycles. The molecule has 4 heterocycles. The minimum atomic E-state index is -0.135. The maximum atomic E-state index is 12.7. The van der Waals surface area contributed by atoms with Crippen molar-refractivity contribution < 1.29 is 14.1 Å². The van der Waals surface area contributed by atoms with Gasteiger partial charge in [-0.05, 0) is 23.6 Å². The van der Waals surface area contributed by atoms with Gasteiger partial charge in [-0.3, -0.25) is 4.79 Å². The van der Waals surface area contributed by atoms with E-state index in [-0.39, 0.29) is 12.0 Å². The highest BCUT2D eigenvalue weighted by Gasteiger charge is 2.30. The van der Waals surface area contributed by atoms with Gasteiger partial charge in [-0.15, -0.1) is 11.3 Å². The van der Waals surface area contributed by atoms with Crippen LogP contribution in [0.2, 0.25) is 0 Å². The molecule has 0 saturated carbocycles. The lowest BCUT2D eigenvalue weighted by atomic mass is 10.2. The summed E-state index contributed by atoms with van der Waals surface area (Å²) in [4.78, 5) is 20.0. The van der Waals surface area contributed by atoms with Crippen molar-refractivity contribution in [3.8, 4) is 16.5 Å². The largest absolute Gasteiger partial charge is 0.472 e. The quantitative estimate of drug-likeness (QED) is 0.520. The van der Waals surface area contributed by atoms with Gasteiger partial charge in [-0.2, -0.15) is 0 Å². The Labute approximate surface area is 165 Å². The van der Waals surface area contributed by atoms with Crippen LogP contribution in [0, 0.1) is 0 Å². The number of para-hydroxylation sites is 1. The first-order valence-electron chi connectivity index (χ1n) is 9.08. The van der Waals surface area contributed by atoms with Gasteiger partial charge in [-0.25, -0.2) is 4.98 Å². The third kappa shape index (κ3) is 3.25. The van der Waals surface area contributed by atoms with Gasteiger partial charge in [0.2, 0.25) is 5.88 Å². The van der Waals surface area contributed by atoms with E-state index in [1.54, 1.807) is 22.3 Å². The third-order valence-corrected chi connectivity index (χ3v) is 5.67. The molecule has 1 aliphatic heterocycles. The van der Waals surface area contributed by atoms with Gasteiger partial charge in [0.15, 0.2) is 11.5 Å². The van der Waals surface area contributed by atoms with E-state index in [4.69, 9.17) is 9.26 Å². The average Bonchev–Trinajstić information content (AvgIpc) is 3.48. The Balaban J connectivity index is 1.25. The molecule has 28 heavy (non-hydrogen) atoms. The summed E-state index contributed by atoms with van der Waals surface area (Å²) in [7, 11) is 0. The lowest BCUT2D eigenvalue weighted by molar-refractivity contribution is 0.0761. The minimum Gasteiger partial charge on any atom is -0.472 e. The number of thiophene rings is 1. The topological polar surface area (TPSA) is 68.5 Å². The van der Waals surface area contributed by atoms with E-state index >= 15 is 0 Å². The van der Waals surface area contributed by atoms with E-state index in [9.17, 15) is 4.79 Å². The maximum absolute atomic E-state index is 12.7. The van der Waals surface area contributed by atoms with Crippen LogP contribution in [0.4, 0.5) is 0 Å². The standard InChI is InChI=1S/C21H17N3O3S/c25-21(17-12-18(27-23-17)19-6-3-11-28-19)24-10-9-15(13-24)26-20-8-7-14-4-1-2-5-16(14)22-20/h1-8,11-12,15H,9-10,13H2. The second kappa shape index (κ2) is 7.09. The second-order valence-electron chi connectivity index (χ2n) is 6.68. The molecule has 140 valence electrons. The summed E-state index contributed by atoms with van der Waals surface area (Å²) in [6, 6.07) is 17.4. The fraction of sp³-hybridized carbons (Fsp3) is 0.190. The van der Waals surface area contributed by atoms with Gasteiger partial charge in [0.1, 0.15) is 6.10 Å². The number of likely N-dealkylation sites (tertiary alicyclic amines) is 1. The Kier molecular flexibility index (Phi) is 4.29. The van der Waals surface area contributed by atoms with Crippen molar-refractivity contribution in [3.63, 3.8) is 0 Å². The van der Waals surface area contributed by atoms with Crippen molar-refractivity contribution in [1.82, 2.24) is 15.0 Å². The zero-order valence-corrected chi connectivity index (χ0v) is 15.8. The molecular formula is C21H17N3O3S. The number of carbonyl (C=O) groups excluding carboxylic acids is 1. The van der Waals surface area contributed by atoms with E-state index < -0.39 is 0 Å². The van der Waals surface area contributed by atoms with E-state index in [0.717, 1.165) is 22.2 Å². The van der Waals surface area contributed by atoms with Crippen LogP contribution >= 0.6 is 11.3 Å². The fourth-order valence-corrected chi connectivity index (χ4v) is 4.04. The van der Waals surface area contributed by atoms with Crippen LogP contribution in [0.1, 0.15) is 16.9 Å². The van der Waals surface area contributed by atoms with E-state index in [2.05, 4.69) is 10.1 Å². The number of benzene rings is 1. The number of hydrogen-bond acceptors (Lipinski definition) is 6. The maximum Gasteiger partial charge on any atom is 0.276 e. The molecule has 5 rings (SSSR count). The van der Waals surface area contributed by atoms with Gasteiger partial charge in [0, 0.05) is 30.5 Å². The minimum absolute atomic E-state index is 0.0821. The first-order valence-corrected chi connectivity index (χ1v) is 9.96. The van der Waals surface area contributed by atoms with Crippen LogP contribution in [-0.2, 0) is 0 Å². The molecule has 1 atom stereocenters. The molecule has 6 nitrogen and oxygen atoms in total. The Bertz CT molecular complexity index is 1120. The molecule has 1 aliphatic rings. The van der Waals surface area contributed by atoms with Crippen LogP contribution in [0.3, 0.4) is 0 Å². The third-order valence-electron chi connectivity index (χ3n) is 4.79. The molecule has 1 amide bonds. The number of rotatable bonds is 4. The summed E-state index contributed by atoms with van der Waals surface area (Å²) in [5.41, 5.74) is 1.22. The normalized spacial score (nSPS) is 16.6. The molecule has 0 spiro atoms. The monoisotopic (exact) mass is 391 g/mol. The SMILES string of the molecule is O=C(c1cc(-c2cccs2)on1)N1CCC(Oc2ccc3ccccc3n2)C1. The molecular weight excluding hydrogens is 374 g/mol. The summed E-state index contributed by atoms with van der Waals surface area (Å²) in [6.45, 7) is 1.13. The van der Waals surface area contributed by atoms with Gasteiger partial charge in [0.25, 0.3) is 5.91 Å². The van der Waals surface area contributed by atoms with Crippen LogP contribution in [0.15, 0.2) is 64.5 Å². The first-order chi connectivity index (χ1) is 13.8. The number of hydrogen-bond donors (Lipinski definition) is 0. The molecule has 0 N–H and O–H groups in total. The van der Waals surface area contributed by atoms with Crippen LogP contribution in [-0.4, -0.2) is 40.1 Å². The Morgan fingerprint density at radius 3 is 3.00 bits per heavy atom. The zero-order chi connectivity index (χ0) is 18.9. The van der Waals surface area contributed by atoms with Crippen molar-refractivity contribution in [1.29, 1.82) is 0 Å². The first kappa shape index (κ1) is 16.9. The van der Waals surface area contributed by atoms with Gasteiger partial charge >= 0.3 is 0 Å². The predicted octanol–water partition coefficient (Wildman–Crippen LogP) is 4.24. The molecule has 3 aromatic heterocycles. The number of carbonyl (C=O) groups is 1. The number of amides is 1. The lowest BCUT2D eigenvalue weighted by Gasteiger charge is -2.15. The highest BCUT2D eigenvalue weighted by Crippen LogP contribution is 2.26. The molecule has 1 aromatic carbocycles. The predicted molar refractivity (Wildman–Crippen MR) is 106 cm³/mol. The van der Waals surface area contributed by atoms with Gasteiger partial charge in [0.05, 0.1) is 16.9 Å². The van der Waals surface area contributed by atoms with Crippen molar-refractivity contribution in [2.24, 2.45) is 0 Å². The molecule has 4 aromatic rings. The van der Waals surface area contributed by atoms with Crippen molar-refractivity contribution in [2.75, 3.05) is 13.1 Å². The van der Waals surface area contributed by atoms with Crippen molar-refractivity contribution in [2.45, 2.75) is 12.5 Å². The molecule has 0 radical (unpaired) electrons. The molecule has 1 unspecified atom stereocenters. The number of nitrogens with zero attached hydrogens (tertiary/aromatic N) is 3. The molecule has 1 fully saturated rings. The zero-order valence-electron chi connectivity index (χ0n) is 14.9. The van der Waals surface area contributed by atoms with Crippen LogP contribution < -0.4 is 4.74 Å². The number of aromatic nitrogens is 2. The Hall–Kier alpha value is -3.19. The van der Waals surface area contributed by atoms with Gasteiger partial charge in [-0.1, -0.05) is 29.4 Å². The van der Waals surface area contributed by atoms with Crippen LogP contribution in [0.5, 0.6) is 5.88 Å². The molecule has 0 bridgehead atoms. The second-order valence-corrected chi connectivity index (χ2v) is 7.62. The van der Waals surface area contributed by atoms with E-state index in [1.807, 2.05) is 53.9 Å².